The second-order valence-corrected chi connectivity index (χ2v) is 3.60. The highest BCUT2D eigenvalue weighted by Crippen LogP contribution is 2.28. The number of aromatic nitrogens is 1. The average Bonchev–Trinajstić information content (AvgIpc) is 2.16. The number of halogens is 3. The number of nitrogens with two attached hydrogens (primary N) is 1. The van der Waals surface area contributed by atoms with Crippen molar-refractivity contribution in [3.05, 3.63) is 23.9 Å². The molecule has 0 fully saturated rings. The van der Waals surface area contributed by atoms with Crippen molar-refractivity contribution >= 4 is 5.82 Å². The molecular weight excluding hydrogens is 219 g/mol. The van der Waals surface area contributed by atoms with Gasteiger partial charge in [-0.3, -0.25) is 0 Å². The maximum Gasteiger partial charge on any atom is 0.433 e. The predicted octanol–water partition coefficient (Wildman–Crippen LogP) is 2.25. The maximum absolute atomic E-state index is 12.3. The molecule has 0 radical (unpaired) electrons. The summed E-state index contributed by atoms with van der Waals surface area (Å²) in [6, 6.07) is 3.77. The molecule has 3 nitrogen and oxygen atoms in total. The van der Waals surface area contributed by atoms with Crippen LogP contribution in [0.5, 0.6) is 0 Å². The Labute approximate surface area is 91.9 Å². The molecule has 16 heavy (non-hydrogen) atoms. The molecule has 0 aliphatic heterocycles. The van der Waals surface area contributed by atoms with E-state index in [1.165, 1.54) is 12.1 Å². The van der Waals surface area contributed by atoms with E-state index in [-0.39, 0.29) is 11.9 Å². The van der Waals surface area contributed by atoms with E-state index in [0.29, 0.717) is 13.0 Å². The number of alkyl halides is 3. The summed E-state index contributed by atoms with van der Waals surface area (Å²) in [5.41, 5.74) is 4.62. The van der Waals surface area contributed by atoms with Crippen LogP contribution in [0.2, 0.25) is 0 Å². The van der Waals surface area contributed by atoms with Gasteiger partial charge in [0.05, 0.1) is 0 Å². The Hall–Kier alpha value is -1.30. The van der Waals surface area contributed by atoms with Crippen LogP contribution in [0.15, 0.2) is 18.2 Å². The van der Waals surface area contributed by atoms with Crippen molar-refractivity contribution in [1.82, 2.24) is 4.98 Å². The summed E-state index contributed by atoms with van der Waals surface area (Å²) in [5, 5.41) is 2.80. The van der Waals surface area contributed by atoms with Gasteiger partial charge in [0.15, 0.2) is 0 Å². The third kappa shape index (κ3) is 4.06. The largest absolute Gasteiger partial charge is 0.433 e. The molecule has 1 unspecified atom stereocenters. The smallest absolute Gasteiger partial charge is 0.370 e. The molecular formula is C10H14F3N3. The van der Waals surface area contributed by atoms with E-state index < -0.39 is 11.9 Å². The summed E-state index contributed by atoms with van der Waals surface area (Å²) in [5.74, 6) is 0.218. The summed E-state index contributed by atoms with van der Waals surface area (Å²) < 4.78 is 36.9. The quantitative estimate of drug-likeness (QED) is 0.838. The Morgan fingerprint density at radius 2 is 2.12 bits per heavy atom. The zero-order valence-corrected chi connectivity index (χ0v) is 8.88. The van der Waals surface area contributed by atoms with E-state index in [4.69, 9.17) is 5.73 Å². The van der Waals surface area contributed by atoms with Gasteiger partial charge in [-0.05, 0) is 25.5 Å². The number of hydrogen-bond acceptors (Lipinski definition) is 3. The highest BCUT2D eigenvalue weighted by Gasteiger charge is 2.32. The van der Waals surface area contributed by atoms with Gasteiger partial charge in [-0.25, -0.2) is 4.98 Å². The van der Waals surface area contributed by atoms with Crippen LogP contribution in [0.25, 0.3) is 0 Å². The van der Waals surface area contributed by atoms with E-state index in [1.807, 2.05) is 6.92 Å². The van der Waals surface area contributed by atoms with Gasteiger partial charge in [0.1, 0.15) is 11.5 Å². The van der Waals surface area contributed by atoms with E-state index >= 15 is 0 Å². The Morgan fingerprint density at radius 3 is 2.69 bits per heavy atom. The molecule has 0 saturated carbocycles. The van der Waals surface area contributed by atoms with E-state index in [1.54, 1.807) is 0 Å². The standard InChI is InChI=1S/C10H14F3N3/c1-7(14)5-6-15-9-4-2-3-8(16-9)10(11,12)13/h2-4,7H,5-6,14H2,1H3,(H,15,16). The number of anilines is 1. The minimum Gasteiger partial charge on any atom is -0.370 e. The molecule has 1 atom stereocenters. The number of nitrogens with zero attached hydrogens (tertiary/aromatic N) is 1. The molecule has 1 rings (SSSR count). The number of rotatable bonds is 4. The molecule has 1 heterocycles. The summed E-state index contributed by atoms with van der Waals surface area (Å²) in [6.07, 6.45) is -3.73. The van der Waals surface area contributed by atoms with Gasteiger partial charge >= 0.3 is 6.18 Å². The van der Waals surface area contributed by atoms with Crippen molar-refractivity contribution in [2.45, 2.75) is 25.6 Å². The highest BCUT2D eigenvalue weighted by atomic mass is 19.4. The molecule has 1 aromatic heterocycles. The Kier molecular flexibility index (Phi) is 4.12. The molecule has 1 aromatic rings. The summed E-state index contributed by atoms with van der Waals surface area (Å²) in [6.45, 7) is 2.34. The van der Waals surface area contributed by atoms with Crippen LogP contribution >= 0.6 is 0 Å². The fraction of sp³-hybridized carbons (Fsp3) is 0.500. The van der Waals surface area contributed by atoms with Crippen LogP contribution in [0.1, 0.15) is 19.0 Å². The van der Waals surface area contributed by atoms with Crippen LogP contribution in [0.3, 0.4) is 0 Å². The normalized spacial score (nSPS) is 13.6. The van der Waals surface area contributed by atoms with Crippen molar-refractivity contribution in [3.8, 4) is 0 Å². The zero-order chi connectivity index (χ0) is 12.2. The molecule has 0 saturated heterocycles. The van der Waals surface area contributed by atoms with Gasteiger partial charge in [-0.2, -0.15) is 13.2 Å². The molecule has 0 aromatic carbocycles. The SMILES string of the molecule is CC(N)CCNc1cccc(C(F)(F)F)n1. The first-order valence-electron chi connectivity index (χ1n) is 4.93. The lowest BCUT2D eigenvalue weighted by atomic mass is 10.2. The summed E-state index contributed by atoms with van der Waals surface area (Å²) >= 11 is 0. The van der Waals surface area contributed by atoms with Crippen molar-refractivity contribution in [1.29, 1.82) is 0 Å². The van der Waals surface area contributed by atoms with Crippen molar-refractivity contribution in [2.75, 3.05) is 11.9 Å². The molecule has 90 valence electrons. The summed E-state index contributed by atoms with van der Waals surface area (Å²) in [4.78, 5) is 3.46. The topological polar surface area (TPSA) is 50.9 Å². The van der Waals surface area contributed by atoms with Crippen LogP contribution < -0.4 is 11.1 Å². The molecule has 0 bridgehead atoms. The van der Waals surface area contributed by atoms with Gasteiger partial charge in [0, 0.05) is 12.6 Å². The van der Waals surface area contributed by atoms with Gasteiger partial charge in [-0.15, -0.1) is 0 Å². The van der Waals surface area contributed by atoms with Gasteiger partial charge in [-0.1, -0.05) is 6.07 Å². The fourth-order valence-corrected chi connectivity index (χ4v) is 1.12. The van der Waals surface area contributed by atoms with E-state index in [0.717, 1.165) is 6.07 Å². The number of pyridine rings is 1. The minimum atomic E-state index is -4.40. The lowest BCUT2D eigenvalue weighted by molar-refractivity contribution is -0.141. The monoisotopic (exact) mass is 233 g/mol. The molecule has 0 aliphatic carbocycles. The van der Waals surface area contributed by atoms with Crippen LogP contribution in [0, 0.1) is 0 Å². The Bertz CT molecular complexity index is 336. The number of nitrogens with one attached hydrogen (secondary N) is 1. The lowest BCUT2D eigenvalue weighted by Crippen LogP contribution is -2.19. The predicted molar refractivity (Wildman–Crippen MR) is 56.0 cm³/mol. The highest BCUT2D eigenvalue weighted by molar-refractivity contribution is 5.35. The molecule has 6 heteroatoms. The van der Waals surface area contributed by atoms with Crippen LogP contribution in [-0.2, 0) is 6.18 Å². The van der Waals surface area contributed by atoms with Crippen molar-refractivity contribution in [3.63, 3.8) is 0 Å². The lowest BCUT2D eigenvalue weighted by Gasteiger charge is -2.10. The van der Waals surface area contributed by atoms with Crippen LogP contribution in [-0.4, -0.2) is 17.6 Å². The van der Waals surface area contributed by atoms with Gasteiger partial charge < -0.3 is 11.1 Å². The van der Waals surface area contributed by atoms with Crippen LogP contribution in [0.4, 0.5) is 19.0 Å². The second kappa shape index (κ2) is 5.16. The van der Waals surface area contributed by atoms with Crippen molar-refractivity contribution in [2.24, 2.45) is 5.73 Å². The Morgan fingerprint density at radius 1 is 1.44 bits per heavy atom. The summed E-state index contributed by atoms with van der Waals surface area (Å²) in [7, 11) is 0. The van der Waals surface area contributed by atoms with Gasteiger partial charge in [0.25, 0.3) is 0 Å². The van der Waals surface area contributed by atoms with Gasteiger partial charge in [0.2, 0.25) is 0 Å². The third-order valence-electron chi connectivity index (χ3n) is 1.95. The maximum atomic E-state index is 12.3. The van der Waals surface area contributed by atoms with Crippen molar-refractivity contribution < 1.29 is 13.2 Å². The minimum absolute atomic E-state index is 0.0123. The first kappa shape index (κ1) is 12.8. The second-order valence-electron chi connectivity index (χ2n) is 3.60. The molecule has 0 amide bonds. The zero-order valence-electron chi connectivity index (χ0n) is 8.88. The Balaban J connectivity index is 2.61. The van der Waals surface area contributed by atoms with E-state index in [9.17, 15) is 13.2 Å². The fourth-order valence-electron chi connectivity index (χ4n) is 1.12. The molecule has 0 spiro atoms. The third-order valence-corrected chi connectivity index (χ3v) is 1.95. The first-order chi connectivity index (χ1) is 7.39. The van der Waals surface area contributed by atoms with E-state index in [2.05, 4.69) is 10.3 Å². The number of hydrogen-bond donors (Lipinski definition) is 2. The average molecular weight is 233 g/mol. The molecule has 3 N–H and O–H groups in total. The molecule has 0 aliphatic rings. The first-order valence-corrected chi connectivity index (χ1v) is 4.93.